The predicted octanol–water partition coefficient (Wildman–Crippen LogP) is 9.55. The topological polar surface area (TPSA) is 132 Å². The number of fused-ring (bicyclic) bond motifs is 2. The highest BCUT2D eigenvalue weighted by atomic mass is 35.5. The number of halogens is 1. The molecule has 3 heterocycles. The summed E-state index contributed by atoms with van der Waals surface area (Å²) < 4.78 is 17.9. The minimum atomic E-state index is -0.468. The van der Waals surface area contributed by atoms with Crippen molar-refractivity contribution in [2.45, 2.75) is 6.92 Å². The fourth-order valence-electron chi connectivity index (χ4n) is 6.45. The van der Waals surface area contributed by atoms with E-state index in [-0.39, 0.29) is 28.0 Å². The van der Waals surface area contributed by atoms with E-state index in [9.17, 15) is 19.2 Å². The standard InChI is InChI=1S/C43H25ClN4O7/c1-24-5-22-33-35(23-24)42(51)47(40(33)49)27-10-18-31(19-11-27)53-29-14-6-25(7-15-29)38-45-46-39(55-38)26-8-16-30(17-9-26)54-32-20-12-28(13-21-32)48-41(50)34-3-2-4-36(44)37(34)43(48)52/h2-23H,1H3. The second kappa shape index (κ2) is 13.2. The van der Waals surface area contributed by atoms with Crippen LogP contribution >= 0.6 is 11.6 Å². The van der Waals surface area contributed by atoms with Gasteiger partial charge in [0.25, 0.3) is 23.6 Å². The second-order valence-electron chi connectivity index (χ2n) is 12.8. The van der Waals surface area contributed by atoms with Crippen molar-refractivity contribution in [2.24, 2.45) is 0 Å². The zero-order valence-electron chi connectivity index (χ0n) is 28.7. The first-order valence-electron chi connectivity index (χ1n) is 17.0. The third-order valence-corrected chi connectivity index (χ3v) is 9.51. The molecule has 0 atom stereocenters. The maximum atomic E-state index is 13.0. The summed E-state index contributed by atoms with van der Waals surface area (Å²) in [5.74, 6) is 1.19. The van der Waals surface area contributed by atoms with Crippen LogP contribution in [-0.4, -0.2) is 33.8 Å². The number of amides is 4. The molecular formula is C43H25ClN4O7. The van der Waals surface area contributed by atoms with E-state index >= 15 is 0 Å². The summed E-state index contributed by atoms with van der Waals surface area (Å²) in [6.45, 7) is 1.88. The van der Waals surface area contributed by atoms with Gasteiger partial charge in [0.15, 0.2) is 0 Å². The van der Waals surface area contributed by atoms with E-state index in [1.165, 1.54) is 4.90 Å². The van der Waals surface area contributed by atoms with Crippen LogP contribution in [0.4, 0.5) is 11.4 Å². The number of rotatable bonds is 8. The van der Waals surface area contributed by atoms with Crippen molar-refractivity contribution in [2.75, 3.05) is 9.80 Å². The third kappa shape index (κ3) is 5.98. The molecule has 6 aromatic carbocycles. The molecule has 0 saturated heterocycles. The van der Waals surface area contributed by atoms with Gasteiger partial charge in [-0.3, -0.25) is 19.2 Å². The monoisotopic (exact) mass is 744 g/mol. The molecule has 266 valence electrons. The average Bonchev–Trinajstić information content (AvgIpc) is 3.86. The van der Waals surface area contributed by atoms with Gasteiger partial charge in [-0.1, -0.05) is 29.3 Å². The summed E-state index contributed by atoms with van der Waals surface area (Å²) in [7, 11) is 0. The van der Waals surface area contributed by atoms with Gasteiger partial charge in [0.2, 0.25) is 11.8 Å². The molecule has 2 aliphatic heterocycles. The van der Waals surface area contributed by atoms with E-state index in [0.29, 0.717) is 68.4 Å². The Hall–Kier alpha value is -7.37. The lowest BCUT2D eigenvalue weighted by Crippen LogP contribution is -2.29. The smallest absolute Gasteiger partial charge is 0.267 e. The zero-order chi connectivity index (χ0) is 37.8. The molecule has 0 saturated carbocycles. The molecule has 7 aromatic rings. The van der Waals surface area contributed by atoms with Crippen molar-refractivity contribution in [3.05, 3.63) is 166 Å². The molecule has 0 fully saturated rings. The van der Waals surface area contributed by atoms with Gasteiger partial charge in [-0.15, -0.1) is 10.2 Å². The van der Waals surface area contributed by atoms with Crippen molar-refractivity contribution in [1.82, 2.24) is 10.2 Å². The van der Waals surface area contributed by atoms with Gasteiger partial charge >= 0.3 is 0 Å². The van der Waals surface area contributed by atoms with Crippen LogP contribution in [0.1, 0.15) is 47.0 Å². The molecule has 0 aliphatic carbocycles. The fourth-order valence-corrected chi connectivity index (χ4v) is 6.71. The predicted molar refractivity (Wildman–Crippen MR) is 203 cm³/mol. The Labute approximate surface area is 317 Å². The largest absolute Gasteiger partial charge is 0.457 e. The lowest BCUT2D eigenvalue weighted by molar-refractivity contribution is 0.0910. The van der Waals surface area contributed by atoms with Crippen molar-refractivity contribution in [3.8, 4) is 45.9 Å². The highest BCUT2D eigenvalue weighted by Crippen LogP contribution is 2.35. The van der Waals surface area contributed by atoms with E-state index in [1.54, 1.807) is 127 Å². The maximum Gasteiger partial charge on any atom is 0.267 e. The number of hydrogen-bond acceptors (Lipinski definition) is 9. The number of carbonyl (C=O) groups is 4. The molecule has 0 bridgehead atoms. The van der Waals surface area contributed by atoms with Crippen molar-refractivity contribution < 1.29 is 33.1 Å². The van der Waals surface area contributed by atoms with Crippen LogP contribution in [0.5, 0.6) is 23.0 Å². The molecular weight excluding hydrogens is 720 g/mol. The molecule has 12 heteroatoms. The molecule has 0 spiro atoms. The first-order chi connectivity index (χ1) is 26.7. The number of aryl methyl sites for hydroxylation is 1. The average molecular weight is 745 g/mol. The van der Waals surface area contributed by atoms with E-state index in [1.807, 2.05) is 13.0 Å². The Morgan fingerprint density at radius 1 is 0.509 bits per heavy atom. The van der Waals surface area contributed by atoms with Crippen molar-refractivity contribution >= 4 is 46.6 Å². The SMILES string of the molecule is Cc1ccc2c(c1)C(=O)N(c1ccc(Oc3ccc(-c4nnc(-c5ccc(Oc6ccc(N7C(=O)c8cccc(Cl)c8C7=O)cc6)cc5)o4)cc3)cc1)C2=O. The van der Waals surface area contributed by atoms with Crippen LogP contribution in [0, 0.1) is 6.92 Å². The summed E-state index contributed by atoms with van der Waals surface area (Å²) in [6.07, 6.45) is 0. The lowest BCUT2D eigenvalue weighted by Gasteiger charge is -2.14. The number of imide groups is 2. The summed E-state index contributed by atoms with van der Waals surface area (Å²) in [4.78, 5) is 54.0. The number of carbonyl (C=O) groups excluding carboxylic acids is 4. The molecule has 55 heavy (non-hydrogen) atoms. The first-order valence-corrected chi connectivity index (χ1v) is 17.4. The summed E-state index contributed by atoms with van der Waals surface area (Å²) in [5.41, 5.74) is 4.42. The highest BCUT2D eigenvalue weighted by molar-refractivity contribution is 6.42. The Morgan fingerprint density at radius 2 is 0.964 bits per heavy atom. The van der Waals surface area contributed by atoms with Gasteiger partial charge < -0.3 is 13.9 Å². The molecule has 11 nitrogen and oxygen atoms in total. The zero-order valence-corrected chi connectivity index (χ0v) is 29.5. The van der Waals surface area contributed by atoms with Crippen molar-refractivity contribution in [3.63, 3.8) is 0 Å². The van der Waals surface area contributed by atoms with Crippen LogP contribution in [0.15, 0.2) is 138 Å². The summed E-state index contributed by atoms with van der Waals surface area (Å²) in [5, 5.41) is 8.65. The number of ether oxygens (including phenoxy) is 2. The van der Waals surface area contributed by atoms with E-state index in [4.69, 9.17) is 25.5 Å². The Bertz CT molecular complexity index is 2690. The third-order valence-electron chi connectivity index (χ3n) is 9.19. The molecule has 4 amide bonds. The number of nitrogens with zero attached hydrogens (tertiary/aromatic N) is 4. The summed E-state index contributed by atoms with van der Waals surface area (Å²) >= 11 is 6.19. The van der Waals surface area contributed by atoms with Gasteiger partial charge in [-0.25, -0.2) is 9.80 Å². The summed E-state index contributed by atoms with van der Waals surface area (Å²) in [6, 6.07) is 37.7. The van der Waals surface area contributed by atoms with Gasteiger partial charge in [0.1, 0.15) is 23.0 Å². The van der Waals surface area contributed by atoms with Gasteiger partial charge in [0, 0.05) is 11.1 Å². The van der Waals surface area contributed by atoms with Crippen LogP contribution in [0.25, 0.3) is 22.9 Å². The number of hydrogen-bond donors (Lipinski definition) is 0. The molecule has 0 N–H and O–H groups in total. The van der Waals surface area contributed by atoms with Crippen LogP contribution in [-0.2, 0) is 0 Å². The normalized spacial score (nSPS) is 13.3. The van der Waals surface area contributed by atoms with Crippen LogP contribution in [0.3, 0.4) is 0 Å². The Morgan fingerprint density at radius 3 is 1.47 bits per heavy atom. The van der Waals surface area contributed by atoms with Crippen molar-refractivity contribution in [1.29, 1.82) is 0 Å². The Balaban J connectivity index is 0.817. The van der Waals surface area contributed by atoms with E-state index in [2.05, 4.69) is 10.2 Å². The fraction of sp³-hybridized carbons (Fsp3) is 0.0233. The minimum absolute atomic E-state index is 0.201. The Kier molecular flexibility index (Phi) is 8.06. The van der Waals surface area contributed by atoms with Gasteiger partial charge in [-0.05, 0) is 128 Å². The number of anilines is 2. The number of aromatic nitrogens is 2. The van der Waals surface area contributed by atoms with E-state index in [0.717, 1.165) is 10.5 Å². The van der Waals surface area contributed by atoms with Gasteiger partial charge in [-0.2, -0.15) is 0 Å². The molecule has 0 radical (unpaired) electrons. The maximum absolute atomic E-state index is 13.0. The molecule has 2 aliphatic rings. The minimum Gasteiger partial charge on any atom is -0.457 e. The quantitative estimate of drug-likeness (QED) is 0.140. The molecule has 0 unspecified atom stereocenters. The van der Waals surface area contributed by atoms with Crippen LogP contribution in [0.2, 0.25) is 5.02 Å². The molecule has 1 aromatic heterocycles. The highest BCUT2D eigenvalue weighted by Gasteiger charge is 2.38. The number of benzene rings is 6. The lowest BCUT2D eigenvalue weighted by atomic mass is 10.1. The van der Waals surface area contributed by atoms with Gasteiger partial charge in [0.05, 0.1) is 38.7 Å². The van der Waals surface area contributed by atoms with Crippen LogP contribution < -0.4 is 19.3 Å². The van der Waals surface area contributed by atoms with E-state index < -0.39 is 11.8 Å². The molecule has 9 rings (SSSR count). The second-order valence-corrected chi connectivity index (χ2v) is 13.2. The first kappa shape index (κ1) is 33.5.